The summed E-state index contributed by atoms with van der Waals surface area (Å²) in [4.78, 5) is 26.3. The van der Waals surface area contributed by atoms with Crippen LogP contribution in [0.2, 0.25) is 0 Å². The first-order valence-electron chi connectivity index (χ1n) is 8.58. The van der Waals surface area contributed by atoms with Crippen LogP contribution in [0.5, 0.6) is 0 Å². The number of nitrogens with zero attached hydrogens (tertiary/aromatic N) is 2. The molecule has 1 aromatic carbocycles. The van der Waals surface area contributed by atoms with E-state index in [0.717, 1.165) is 25.0 Å². The molecule has 0 unspecified atom stereocenters. The summed E-state index contributed by atoms with van der Waals surface area (Å²) in [6.45, 7) is 1.40. The fourth-order valence-corrected chi connectivity index (χ4v) is 3.14. The highest BCUT2D eigenvalue weighted by molar-refractivity contribution is 5.94. The van der Waals surface area contributed by atoms with Gasteiger partial charge in [0.1, 0.15) is 0 Å². The summed E-state index contributed by atoms with van der Waals surface area (Å²) in [6, 6.07) is 4.33. The van der Waals surface area contributed by atoms with Crippen LogP contribution < -0.4 is 5.32 Å². The summed E-state index contributed by atoms with van der Waals surface area (Å²) in [7, 11) is 0. The zero-order chi connectivity index (χ0) is 19.4. The highest BCUT2D eigenvalue weighted by Crippen LogP contribution is 2.29. The third-order valence-electron chi connectivity index (χ3n) is 4.55. The maximum Gasteiger partial charge on any atom is 0.416 e. The Balaban J connectivity index is 1.56. The Morgan fingerprint density at radius 2 is 2.11 bits per heavy atom. The van der Waals surface area contributed by atoms with E-state index in [-0.39, 0.29) is 17.4 Å². The number of rotatable bonds is 4. The van der Waals surface area contributed by atoms with E-state index in [9.17, 15) is 22.8 Å². The van der Waals surface area contributed by atoms with Crippen molar-refractivity contribution in [1.29, 1.82) is 0 Å². The summed E-state index contributed by atoms with van der Waals surface area (Å²) < 4.78 is 38.3. The van der Waals surface area contributed by atoms with Gasteiger partial charge in [-0.05, 0) is 37.0 Å². The molecule has 0 spiro atoms. The van der Waals surface area contributed by atoms with E-state index in [4.69, 9.17) is 0 Å². The van der Waals surface area contributed by atoms with Gasteiger partial charge in [-0.1, -0.05) is 6.07 Å². The molecule has 0 radical (unpaired) electrons. The highest BCUT2D eigenvalue weighted by atomic mass is 19.4. The number of carbonyl (C=O) groups is 2. The maximum atomic E-state index is 12.8. The molecular weight excluding hydrogens is 361 g/mol. The normalized spacial score (nSPS) is 17.6. The van der Waals surface area contributed by atoms with Gasteiger partial charge in [-0.2, -0.15) is 18.3 Å². The standard InChI is InChI=1S/C18H19F3N4O2/c19-18(20,21)15-5-1-4-13(7-15)16(26)22-8-12-3-2-6-25(11-12)17(27)14-9-23-24-10-14/h1,4-5,7,9-10,12H,2-3,6,8,11H2,(H,22,26)(H,23,24)/t12-/m1/s1. The lowest BCUT2D eigenvalue weighted by atomic mass is 9.97. The van der Waals surface area contributed by atoms with E-state index in [1.807, 2.05) is 0 Å². The van der Waals surface area contributed by atoms with Gasteiger partial charge in [0.2, 0.25) is 0 Å². The summed E-state index contributed by atoms with van der Waals surface area (Å²) in [5, 5.41) is 9.04. The lowest BCUT2D eigenvalue weighted by Crippen LogP contribution is -2.43. The van der Waals surface area contributed by atoms with Crippen LogP contribution >= 0.6 is 0 Å². The van der Waals surface area contributed by atoms with Crippen molar-refractivity contribution in [2.45, 2.75) is 19.0 Å². The lowest BCUT2D eigenvalue weighted by Gasteiger charge is -2.32. The molecule has 9 heteroatoms. The number of aromatic nitrogens is 2. The number of H-pyrrole nitrogens is 1. The minimum Gasteiger partial charge on any atom is -0.352 e. The molecule has 1 fully saturated rings. The largest absolute Gasteiger partial charge is 0.416 e. The Bertz CT molecular complexity index is 805. The van der Waals surface area contributed by atoms with E-state index < -0.39 is 17.6 Å². The number of nitrogens with one attached hydrogen (secondary N) is 2. The van der Waals surface area contributed by atoms with Gasteiger partial charge in [-0.25, -0.2) is 0 Å². The maximum absolute atomic E-state index is 12.8. The summed E-state index contributed by atoms with van der Waals surface area (Å²) in [5.41, 5.74) is -0.416. The monoisotopic (exact) mass is 380 g/mol. The van der Waals surface area contributed by atoms with Gasteiger partial charge in [0.15, 0.2) is 0 Å². The number of carbonyl (C=O) groups excluding carboxylic acids is 2. The number of halogens is 3. The topological polar surface area (TPSA) is 78.1 Å². The average molecular weight is 380 g/mol. The molecule has 3 rings (SSSR count). The average Bonchev–Trinajstić information content (AvgIpc) is 3.20. The van der Waals surface area contributed by atoms with E-state index in [2.05, 4.69) is 15.5 Å². The Morgan fingerprint density at radius 3 is 2.81 bits per heavy atom. The molecule has 0 saturated carbocycles. The highest BCUT2D eigenvalue weighted by Gasteiger charge is 2.31. The Hall–Kier alpha value is -2.84. The Kier molecular flexibility index (Phi) is 5.48. The first-order valence-corrected chi connectivity index (χ1v) is 8.58. The molecule has 1 aromatic heterocycles. The quantitative estimate of drug-likeness (QED) is 0.856. The smallest absolute Gasteiger partial charge is 0.352 e. The number of aromatic amines is 1. The number of alkyl halides is 3. The van der Waals surface area contributed by atoms with Gasteiger partial charge in [-0.3, -0.25) is 14.7 Å². The van der Waals surface area contributed by atoms with Crippen LogP contribution in [-0.4, -0.2) is 46.5 Å². The molecule has 1 aliphatic rings. The lowest BCUT2D eigenvalue weighted by molar-refractivity contribution is -0.137. The van der Waals surface area contributed by atoms with Crippen LogP contribution in [0, 0.1) is 5.92 Å². The predicted molar refractivity (Wildman–Crippen MR) is 91.0 cm³/mol. The van der Waals surface area contributed by atoms with Crippen molar-refractivity contribution >= 4 is 11.8 Å². The molecule has 2 amide bonds. The zero-order valence-electron chi connectivity index (χ0n) is 14.4. The first-order chi connectivity index (χ1) is 12.8. The fraction of sp³-hybridized carbons (Fsp3) is 0.389. The van der Waals surface area contributed by atoms with Gasteiger partial charge in [0.05, 0.1) is 17.3 Å². The van der Waals surface area contributed by atoms with Crippen LogP contribution in [0.15, 0.2) is 36.7 Å². The molecule has 1 aliphatic heterocycles. The molecule has 2 N–H and O–H groups in total. The second-order valence-corrected chi connectivity index (χ2v) is 6.53. The minimum absolute atomic E-state index is 0.0352. The van der Waals surface area contributed by atoms with Crippen LogP contribution in [0.3, 0.4) is 0 Å². The number of likely N-dealkylation sites (tertiary alicyclic amines) is 1. The van der Waals surface area contributed by atoms with Crippen molar-refractivity contribution in [2.24, 2.45) is 5.92 Å². The van der Waals surface area contributed by atoms with E-state index in [1.165, 1.54) is 24.5 Å². The molecule has 2 heterocycles. The van der Waals surface area contributed by atoms with E-state index in [1.54, 1.807) is 4.90 Å². The molecule has 0 aliphatic carbocycles. The fourth-order valence-electron chi connectivity index (χ4n) is 3.14. The molecule has 27 heavy (non-hydrogen) atoms. The van der Waals surface area contributed by atoms with Crippen molar-refractivity contribution in [3.8, 4) is 0 Å². The van der Waals surface area contributed by atoms with Crippen molar-refractivity contribution < 1.29 is 22.8 Å². The number of hydrogen-bond acceptors (Lipinski definition) is 3. The van der Waals surface area contributed by atoms with Crippen molar-refractivity contribution in [1.82, 2.24) is 20.4 Å². The van der Waals surface area contributed by atoms with Crippen LogP contribution in [0.25, 0.3) is 0 Å². The van der Waals surface area contributed by atoms with Gasteiger partial charge in [0, 0.05) is 31.4 Å². The van der Waals surface area contributed by atoms with Gasteiger partial charge in [-0.15, -0.1) is 0 Å². The molecule has 2 aromatic rings. The molecule has 144 valence electrons. The predicted octanol–water partition coefficient (Wildman–Crippen LogP) is 2.71. The van der Waals surface area contributed by atoms with Gasteiger partial charge in [0.25, 0.3) is 11.8 Å². The molecule has 6 nitrogen and oxygen atoms in total. The number of piperidine rings is 1. The van der Waals surface area contributed by atoms with Crippen molar-refractivity contribution in [2.75, 3.05) is 19.6 Å². The number of benzene rings is 1. The van der Waals surface area contributed by atoms with Crippen molar-refractivity contribution in [3.05, 3.63) is 53.3 Å². The summed E-state index contributed by atoms with van der Waals surface area (Å²) >= 11 is 0. The second kappa shape index (κ2) is 7.81. The molecule has 0 bridgehead atoms. The molecule has 1 saturated heterocycles. The summed E-state index contributed by atoms with van der Waals surface area (Å²) in [6.07, 6.45) is 0.127. The van der Waals surface area contributed by atoms with Gasteiger partial charge >= 0.3 is 6.18 Å². The van der Waals surface area contributed by atoms with E-state index in [0.29, 0.717) is 25.2 Å². The third kappa shape index (κ3) is 4.66. The van der Waals surface area contributed by atoms with Crippen molar-refractivity contribution in [3.63, 3.8) is 0 Å². The SMILES string of the molecule is O=C(NC[C@H]1CCCN(C(=O)c2cn[nH]c2)C1)c1cccc(C(F)(F)F)c1. The van der Waals surface area contributed by atoms with Crippen LogP contribution in [-0.2, 0) is 6.18 Å². The third-order valence-corrected chi connectivity index (χ3v) is 4.55. The number of amides is 2. The first kappa shape index (κ1) is 18.9. The van der Waals surface area contributed by atoms with Crippen LogP contribution in [0.4, 0.5) is 13.2 Å². The minimum atomic E-state index is -4.49. The van der Waals surface area contributed by atoms with Gasteiger partial charge < -0.3 is 10.2 Å². The Morgan fingerprint density at radius 1 is 1.30 bits per heavy atom. The Labute approximate surface area is 153 Å². The zero-order valence-corrected chi connectivity index (χ0v) is 14.4. The molecular formula is C18H19F3N4O2. The number of hydrogen-bond donors (Lipinski definition) is 2. The summed E-state index contributed by atoms with van der Waals surface area (Å²) in [5.74, 6) is -0.638. The van der Waals surface area contributed by atoms with E-state index >= 15 is 0 Å². The molecule has 1 atom stereocenters. The van der Waals surface area contributed by atoms with Crippen LogP contribution in [0.1, 0.15) is 39.1 Å². The second-order valence-electron chi connectivity index (χ2n) is 6.53.